The van der Waals surface area contributed by atoms with Crippen LogP contribution in [-0.4, -0.2) is 42.9 Å². The van der Waals surface area contributed by atoms with E-state index in [9.17, 15) is 0 Å². The molecule has 5 heavy (non-hydrogen) atoms. The van der Waals surface area contributed by atoms with Crippen LogP contribution in [0.15, 0.2) is 0 Å². The van der Waals surface area contributed by atoms with Crippen molar-refractivity contribution in [3.8, 4) is 5.97 Å². The topological polar surface area (TPSA) is 55.3 Å². The minimum atomic E-state index is 0. The minimum absolute atomic E-state index is 0. The number of rotatable bonds is 0. The molecule has 0 saturated carbocycles. The van der Waals surface area contributed by atoms with Gasteiger partial charge in [0.2, 0.25) is 7.85 Å². The monoisotopic (exact) mass is 81.0 g/mol. The summed E-state index contributed by atoms with van der Waals surface area (Å²) in [6.07, 6.45) is 0. The summed E-state index contributed by atoms with van der Waals surface area (Å²) >= 11 is 0. The summed E-state index contributed by atoms with van der Waals surface area (Å²) in [4.78, 5) is 0. The van der Waals surface area contributed by atoms with Crippen molar-refractivity contribution in [3.05, 3.63) is 0 Å². The van der Waals surface area contributed by atoms with Gasteiger partial charge >= 0.3 is 29.6 Å². The van der Waals surface area contributed by atoms with Crippen molar-refractivity contribution in [2.75, 3.05) is 0 Å². The second kappa shape index (κ2) is 24.3. The van der Waals surface area contributed by atoms with E-state index in [4.69, 9.17) is 5.26 Å². The average Bonchev–Trinajstić information content (AvgIpc) is 0.918. The van der Waals surface area contributed by atoms with Gasteiger partial charge in [-0.3, -0.25) is 0 Å². The normalized spacial score (nSPS) is 1.40. The van der Waals surface area contributed by atoms with Crippen molar-refractivity contribution >= 4 is 37.4 Å². The Kier molecular flexibility index (Phi) is 86.4. The maximum absolute atomic E-state index is 7.32. The van der Waals surface area contributed by atoms with Crippen LogP contribution in [0.2, 0.25) is 0 Å². The molecule has 4 heteroatoms. The van der Waals surface area contributed by atoms with Crippen LogP contribution in [0.4, 0.5) is 0 Å². The van der Waals surface area contributed by atoms with Gasteiger partial charge in [0.05, 0.1) is 0 Å². The first kappa shape index (κ1) is 17.8. The third-order valence-corrected chi connectivity index (χ3v) is 0. The first-order valence-electron chi connectivity index (χ1n) is 0.724. The Hall–Kier alpha value is 0.515. The van der Waals surface area contributed by atoms with Gasteiger partial charge < -0.3 is 5.48 Å². The molecule has 0 aliphatic heterocycles. The molecule has 0 aliphatic carbocycles. The standard InChI is InChI=1S/CH2BN.Na.H2O.H/c2-1-3;;;/h2H2;;1H2;. The van der Waals surface area contributed by atoms with Crippen LogP contribution in [0.25, 0.3) is 0 Å². The fraction of sp³-hybridized carbons (Fsp3) is 0. The van der Waals surface area contributed by atoms with Crippen LogP contribution >= 0.6 is 0 Å². The number of nitriles is 1. The SMILES string of the molecule is BC#N.O.[NaH]. The van der Waals surface area contributed by atoms with Gasteiger partial charge in [-0.05, 0) is 5.97 Å². The van der Waals surface area contributed by atoms with E-state index in [0.717, 1.165) is 0 Å². The van der Waals surface area contributed by atoms with Crippen molar-refractivity contribution in [1.82, 2.24) is 0 Å². The third kappa shape index (κ3) is 108. The van der Waals surface area contributed by atoms with E-state index >= 15 is 0 Å². The first-order chi connectivity index (χ1) is 1.41. The molecule has 0 aromatic rings. The fourth-order valence-electron chi connectivity index (χ4n) is 0. The first-order valence-corrected chi connectivity index (χ1v) is 0.724. The van der Waals surface area contributed by atoms with E-state index in [-0.39, 0.29) is 35.0 Å². The molecule has 0 unspecified atom stereocenters. The predicted octanol–water partition coefficient (Wildman–Crippen LogP) is -2.37. The summed E-state index contributed by atoms with van der Waals surface area (Å²) in [5.41, 5.74) is 0. The Morgan fingerprint density at radius 3 is 1.60 bits per heavy atom. The second-order valence-electron chi connectivity index (χ2n) is 0.224. The van der Waals surface area contributed by atoms with Gasteiger partial charge in [0.25, 0.3) is 0 Å². The van der Waals surface area contributed by atoms with E-state index in [0.29, 0.717) is 0 Å². The average molecular weight is 80.9 g/mol. The molecule has 24 valence electrons. The Morgan fingerprint density at radius 1 is 1.60 bits per heavy atom. The maximum atomic E-state index is 7.32. The molecule has 0 saturated heterocycles. The van der Waals surface area contributed by atoms with Crippen molar-refractivity contribution in [1.29, 1.82) is 5.26 Å². The molecule has 0 bridgehead atoms. The van der Waals surface area contributed by atoms with Crippen molar-refractivity contribution < 1.29 is 5.48 Å². The van der Waals surface area contributed by atoms with Gasteiger partial charge in [-0.15, -0.1) is 0 Å². The number of nitrogens with zero attached hydrogens (tertiary/aromatic N) is 1. The predicted molar refractivity (Wildman–Crippen MR) is 24.9 cm³/mol. The fourth-order valence-corrected chi connectivity index (χ4v) is 0. The molecule has 2 nitrogen and oxygen atoms in total. The zero-order chi connectivity index (χ0) is 2.71. The zero-order valence-corrected chi connectivity index (χ0v) is 2.45. The Labute approximate surface area is 54.2 Å². The van der Waals surface area contributed by atoms with E-state index in [1.807, 2.05) is 0 Å². The van der Waals surface area contributed by atoms with Gasteiger partial charge in [0, 0.05) is 0 Å². The van der Waals surface area contributed by atoms with E-state index in [2.05, 4.69) is 0 Å². The summed E-state index contributed by atoms with van der Waals surface area (Å²) in [5, 5.41) is 7.32. The molecule has 0 aromatic carbocycles. The Morgan fingerprint density at radius 2 is 1.60 bits per heavy atom. The van der Waals surface area contributed by atoms with E-state index in [1.165, 1.54) is 7.85 Å². The molecule has 0 atom stereocenters. The summed E-state index contributed by atoms with van der Waals surface area (Å²) in [6.45, 7) is 0. The van der Waals surface area contributed by atoms with Gasteiger partial charge in [-0.1, -0.05) is 0 Å². The van der Waals surface area contributed by atoms with Gasteiger partial charge in [-0.25, -0.2) is 5.26 Å². The third-order valence-electron chi connectivity index (χ3n) is 0. The summed E-state index contributed by atoms with van der Waals surface area (Å²) in [5.74, 6) is 1.75. The molecule has 0 heterocycles. The Balaban J connectivity index is -0.0000000200. The van der Waals surface area contributed by atoms with E-state index < -0.39 is 0 Å². The number of hydrogen-bond acceptors (Lipinski definition) is 1. The van der Waals surface area contributed by atoms with Gasteiger partial charge in [0.1, 0.15) is 0 Å². The molecule has 0 spiro atoms. The van der Waals surface area contributed by atoms with Crippen LogP contribution in [0.3, 0.4) is 0 Å². The molecule has 0 radical (unpaired) electrons. The van der Waals surface area contributed by atoms with Crippen LogP contribution in [-0.2, 0) is 0 Å². The van der Waals surface area contributed by atoms with Crippen LogP contribution in [0.5, 0.6) is 0 Å². The van der Waals surface area contributed by atoms with Crippen molar-refractivity contribution in [2.24, 2.45) is 0 Å². The van der Waals surface area contributed by atoms with E-state index in [1.54, 1.807) is 5.97 Å². The molecule has 0 fully saturated rings. The summed E-state index contributed by atoms with van der Waals surface area (Å²) in [6, 6.07) is 0. The van der Waals surface area contributed by atoms with Crippen LogP contribution in [0, 0.1) is 11.2 Å². The molecule has 0 amide bonds. The van der Waals surface area contributed by atoms with Gasteiger partial charge in [-0.2, -0.15) is 0 Å². The quantitative estimate of drug-likeness (QED) is 0.300. The Bertz CT molecular complexity index is 33.1. The summed E-state index contributed by atoms with van der Waals surface area (Å²) in [7, 11) is 1.43. The van der Waals surface area contributed by atoms with Crippen molar-refractivity contribution in [2.45, 2.75) is 0 Å². The molecule has 0 rings (SSSR count). The molecular weight excluding hydrogens is 75.8 g/mol. The second-order valence-corrected chi connectivity index (χ2v) is 0.224. The van der Waals surface area contributed by atoms with Crippen LogP contribution in [0.1, 0.15) is 0 Å². The molecule has 0 aromatic heterocycles. The zero-order valence-electron chi connectivity index (χ0n) is 2.45. The van der Waals surface area contributed by atoms with Crippen LogP contribution < -0.4 is 0 Å². The number of hydrogen-bond donors (Lipinski definition) is 0. The summed E-state index contributed by atoms with van der Waals surface area (Å²) < 4.78 is 0. The van der Waals surface area contributed by atoms with Crippen molar-refractivity contribution in [3.63, 3.8) is 0 Å². The molecule has 0 aliphatic rings. The molecular formula is CH5BNNaO. The molecule has 2 N–H and O–H groups in total. The van der Waals surface area contributed by atoms with Gasteiger partial charge in [0.15, 0.2) is 0 Å².